The molecular formula is C23H32N2O6S. The molecule has 2 aliphatic rings. The van der Waals surface area contributed by atoms with Gasteiger partial charge in [0.25, 0.3) is 0 Å². The van der Waals surface area contributed by atoms with E-state index >= 15 is 0 Å². The van der Waals surface area contributed by atoms with Gasteiger partial charge in [0.15, 0.2) is 0 Å². The summed E-state index contributed by atoms with van der Waals surface area (Å²) in [5, 5.41) is 19.2. The van der Waals surface area contributed by atoms with Gasteiger partial charge in [-0.05, 0) is 44.9 Å². The molecule has 3 rings (SSSR count). The van der Waals surface area contributed by atoms with Gasteiger partial charge in [-0.2, -0.15) is 4.31 Å². The van der Waals surface area contributed by atoms with Gasteiger partial charge in [0.05, 0.1) is 13.2 Å². The molecule has 1 heterocycles. The van der Waals surface area contributed by atoms with Gasteiger partial charge < -0.3 is 19.8 Å². The smallest absolute Gasteiger partial charge is 0.247 e. The largest absolute Gasteiger partial charge is 0.487 e. The topological polar surface area (TPSA) is 107 Å². The zero-order valence-electron chi connectivity index (χ0n) is 19.0. The van der Waals surface area contributed by atoms with Gasteiger partial charge >= 0.3 is 0 Å². The van der Waals surface area contributed by atoms with E-state index in [0.29, 0.717) is 12.1 Å². The number of carbonyl (C=O) groups excluding carboxylic acids is 1. The first-order chi connectivity index (χ1) is 15.0. The van der Waals surface area contributed by atoms with E-state index < -0.39 is 28.3 Å². The Bertz CT molecular complexity index is 1010. The molecule has 0 unspecified atom stereocenters. The van der Waals surface area contributed by atoms with Crippen molar-refractivity contribution in [2.75, 3.05) is 26.7 Å². The maximum atomic E-state index is 13.4. The van der Waals surface area contributed by atoms with E-state index in [9.17, 15) is 23.4 Å². The predicted molar refractivity (Wildman–Crippen MR) is 119 cm³/mol. The van der Waals surface area contributed by atoms with Crippen LogP contribution in [0.2, 0.25) is 0 Å². The Labute approximate surface area is 190 Å². The van der Waals surface area contributed by atoms with Gasteiger partial charge in [0.2, 0.25) is 15.9 Å². The van der Waals surface area contributed by atoms with E-state index in [2.05, 4.69) is 11.8 Å². The molecule has 32 heavy (non-hydrogen) atoms. The van der Waals surface area contributed by atoms with Crippen LogP contribution in [0.25, 0.3) is 0 Å². The number of benzene rings is 1. The summed E-state index contributed by atoms with van der Waals surface area (Å²) in [6.07, 6.45) is 0.527. The summed E-state index contributed by atoms with van der Waals surface area (Å²) in [7, 11) is -2.19. The summed E-state index contributed by atoms with van der Waals surface area (Å²) in [4.78, 5) is 14.2. The molecule has 0 radical (unpaired) electrons. The summed E-state index contributed by atoms with van der Waals surface area (Å²) < 4.78 is 34.4. The Kier molecular flexibility index (Phi) is 7.50. The molecule has 1 aliphatic heterocycles. The van der Waals surface area contributed by atoms with Crippen molar-refractivity contribution in [2.45, 2.75) is 56.8 Å². The van der Waals surface area contributed by atoms with Crippen molar-refractivity contribution in [3.05, 3.63) is 23.8 Å². The molecule has 2 N–H and O–H groups in total. The second-order valence-electron chi connectivity index (χ2n) is 8.84. The van der Waals surface area contributed by atoms with E-state index in [0.717, 1.165) is 12.8 Å². The number of nitrogens with zero attached hydrogens (tertiary/aromatic N) is 2. The zero-order valence-corrected chi connectivity index (χ0v) is 19.8. The van der Waals surface area contributed by atoms with Gasteiger partial charge in [-0.3, -0.25) is 4.79 Å². The van der Waals surface area contributed by atoms with Crippen LogP contribution in [-0.4, -0.2) is 78.7 Å². The molecule has 1 aliphatic carbocycles. The van der Waals surface area contributed by atoms with Gasteiger partial charge in [-0.1, -0.05) is 18.8 Å². The standard InChI is InChI=1S/C23H32N2O6S/c1-15-12-25(16(2)14-26)32(29,30)22-10-7-18(6-5-17(3)27)11-20(22)31-21(15)13-24(4)23(28)19-8-9-19/h7,10-11,15-17,19,21,26-27H,8-9,12-14H2,1-4H3/t15-,16-,17+,21-/m1/s1. The first kappa shape index (κ1) is 24.5. The van der Waals surface area contributed by atoms with Crippen LogP contribution < -0.4 is 4.74 Å². The third kappa shape index (κ3) is 5.44. The average molecular weight is 465 g/mol. The lowest BCUT2D eigenvalue weighted by molar-refractivity contribution is -0.132. The number of fused-ring (bicyclic) bond motifs is 1. The molecule has 9 heteroatoms. The number of likely N-dealkylation sites (N-methyl/N-ethyl adjacent to an activating group) is 1. The molecule has 1 fully saturated rings. The molecule has 1 saturated carbocycles. The number of amides is 1. The Morgan fingerprint density at radius 1 is 1.34 bits per heavy atom. The number of ether oxygens (including phenoxy) is 1. The molecule has 0 saturated heterocycles. The molecule has 1 aromatic rings. The normalized spacial score (nSPS) is 24.6. The van der Waals surface area contributed by atoms with Crippen molar-refractivity contribution in [1.82, 2.24) is 9.21 Å². The van der Waals surface area contributed by atoms with Crippen LogP contribution in [0.4, 0.5) is 0 Å². The molecular weight excluding hydrogens is 432 g/mol. The van der Waals surface area contributed by atoms with Crippen molar-refractivity contribution < 1.29 is 28.2 Å². The Hall–Kier alpha value is -2.12. The fourth-order valence-corrected chi connectivity index (χ4v) is 5.54. The highest BCUT2D eigenvalue weighted by molar-refractivity contribution is 7.89. The Morgan fingerprint density at radius 2 is 2.03 bits per heavy atom. The average Bonchev–Trinajstić information content (AvgIpc) is 3.58. The third-order valence-electron chi connectivity index (χ3n) is 5.85. The number of aliphatic hydroxyl groups excluding tert-OH is 2. The molecule has 1 aromatic carbocycles. The fourth-order valence-electron chi connectivity index (χ4n) is 3.71. The predicted octanol–water partition coefficient (Wildman–Crippen LogP) is 1.06. The first-order valence-electron chi connectivity index (χ1n) is 10.9. The van der Waals surface area contributed by atoms with Crippen LogP contribution >= 0.6 is 0 Å². The zero-order chi connectivity index (χ0) is 23.6. The number of sulfonamides is 1. The molecule has 0 bridgehead atoms. The lowest BCUT2D eigenvalue weighted by Gasteiger charge is -2.37. The molecule has 8 nitrogen and oxygen atoms in total. The lowest BCUT2D eigenvalue weighted by Crippen LogP contribution is -2.50. The van der Waals surface area contributed by atoms with Crippen LogP contribution in [0.15, 0.2) is 23.1 Å². The summed E-state index contributed by atoms with van der Waals surface area (Å²) in [6, 6.07) is 3.95. The summed E-state index contributed by atoms with van der Waals surface area (Å²) in [5.41, 5.74) is 0.510. The van der Waals surface area contributed by atoms with Crippen LogP contribution in [0, 0.1) is 23.7 Å². The van der Waals surface area contributed by atoms with Crippen LogP contribution in [-0.2, 0) is 14.8 Å². The van der Waals surface area contributed by atoms with E-state index in [1.807, 2.05) is 6.92 Å². The highest BCUT2D eigenvalue weighted by Gasteiger charge is 2.39. The quantitative estimate of drug-likeness (QED) is 0.631. The number of hydrogen-bond donors (Lipinski definition) is 2. The van der Waals surface area contributed by atoms with Gasteiger partial charge in [-0.25, -0.2) is 8.42 Å². The summed E-state index contributed by atoms with van der Waals surface area (Å²) in [5.74, 6) is 5.52. The fraction of sp³-hybridized carbons (Fsp3) is 0.609. The number of carbonyl (C=O) groups is 1. The second kappa shape index (κ2) is 9.79. The monoisotopic (exact) mass is 464 g/mol. The van der Waals surface area contributed by atoms with Crippen LogP contribution in [0.1, 0.15) is 39.2 Å². The number of rotatable bonds is 5. The third-order valence-corrected chi connectivity index (χ3v) is 7.87. The molecule has 176 valence electrons. The molecule has 0 aromatic heterocycles. The van der Waals surface area contributed by atoms with Crippen molar-refractivity contribution in [3.63, 3.8) is 0 Å². The van der Waals surface area contributed by atoms with Gasteiger partial charge in [-0.15, -0.1) is 0 Å². The maximum absolute atomic E-state index is 13.4. The van der Waals surface area contributed by atoms with Crippen molar-refractivity contribution in [2.24, 2.45) is 11.8 Å². The SMILES string of the molecule is C[C@H](O)C#Cc1ccc2c(c1)O[C@H](CN(C)C(=O)C1CC1)[C@H](C)CN([C@H](C)CO)S2(=O)=O. The minimum atomic E-state index is -3.94. The Morgan fingerprint density at radius 3 is 2.62 bits per heavy atom. The highest BCUT2D eigenvalue weighted by Crippen LogP contribution is 2.35. The van der Waals surface area contributed by atoms with Crippen LogP contribution in [0.3, 0.4) is 0 Å². The molecule has 0 spiro atoms. The summed E-state index contributed by atoms with van der Waals surface area (Å²) >= 11 is 0. The first-order valence-corrected chi connectivity index (χ1v) is 12.4. The van der Waals surface area contributed by atoms with E-state index in [1.165, 1.54) is 10.4 Å². The lowest BCUT2D eigenvalue weighted by atomic mass is 10.0. The number of aliphatic hydroxyl groups is 2. The highest BCUT2D eigenvalue weighted by atomic mass is 32.2. The van der Waals surface area contributed by atoms with Crippen molar-refractivity contribution >= 4 is 15.9 Å². The van der Waals surface area contributed by atoms with Crippen LogP contribution in [0.5, 0.6) is 5.75 Å². The minimum absolute atomic E-state index is 0.00605. The molecule has 4 atom stereocenters. The minimum Gasteiger partial charge on any atom is -0.487 e. The van der Waals surface area contributed by atoms with Crippen molar-refractivity contribution in [3.8, 4) is 17.6 Å². The van der Waals surface area contributed by atoms with Crippen molar-refractivity contribution in [1.29, 1.82) is 0 Å². The summed E-state index contributed by atoms with van der Waals surface area (Å²) in [6.45, 7) is 5.25. The van der Waals surface area contributed by atoms with E-state index in [1.54, 1.807) is 37.9 Å². The number of hydrogen-bond acceptors (Lipinski definition) is 6. The second-order valence-corrected chi connectivity index (χ2v) is 10.7. The molecule has 1 amide bonds. The Balaban J connectivity index is 2.03. The van der Waals surface area contributed by atoms with Gasteiger partial charge in [0.1, 0.15) is 22.9 Å². The van der Waals surface area contributed by atoms with Gasteiger partial charge in [0, 0.05) is 37.0 Å². The van der Waals surface area contributed by atoms with E-state index in [4.69, 9.17) is 4.74 Å². The maximum Gasteiger partial charge on any atom is 0.247 e. The van der Waals surface area contributed by atoms with E-state index in [-0.39, 0.29) is 41.5 Å².